The van der Waals surface area contributed by atoms with Crippen LogP contribution in [0.3, 0.4) is 0 Å². The molecule has 1 aromatic carbocycles. The molecule has 0 aliphatic carbocycles. The lowest BCUT2D eigenvalue weighted by atomic mass is 10.0. The van der Waals surface area contributed by atoms with Crippen molar-refractivity contribution in [3.8, 4) is 11.4 Å². The van der Waals surface area contributed by atoms with E-state index in [4.69, 9.17) is 0 Å². The summed E-state index contributed by atoms with van der Waals surface area (Å²) in [4.78, 5) is 35.4. The molecule has 4 rings (SSSR count). The van der Waals surface area contributed by atoms with E-state index in [0.29, 0.717) is 23.6 Å². The van der Waals surface area contributed by atoms with Crippen molar-refractivity contribution in [2.45, 2.75) is 27.3 Å². The molecule has 160 valence electrons. The van der Waals surface area contributed by atoms with Gasteiger partial charge in [-0.1, -0.05) is 24.3 Å². The van der Waals surface area contributed by atoms with Crippen LogP contribution in [0.2, 0.25) is 0 Å². The largest absolute Gasteiger partial charge is 0.337 e. The first-order valence-corrected chi connectivity index (χ1v) is 10.4. The number of carbonyl (C=O) groups is 1. The molecule has 32 heavy (non-hydrogen) atoms. The maximum Gasteiger partial charge on any atom is 0.261 e. The van der Waals surface area contributed by atoms with Crippen molar-refractivity contribution in [3.63, 3.8) is 0 Å². The number of aromatic nitrogens is 3. The number of hydrogen-bond donors (Lipinski definition) is 1. The quantitative estimate of drug-likeness (QED) is 0.511. The fraction of sp³-hybridized carbons (Fsp3) is 0.154. The lowest BCUT2D eigenvalue weighted by molar-refractivity contribution is 0.102. The first kappa shape index (κ1) is 21.2. The van der Waals surface area contributed by atoms with E-state index in [1.54, 1.807) is 24.5 Å². The molecule has 3 aromatic heterocycles. The van der Waals surface area contributed by atoms with Gasteiger partial charge in [0.2, 0.25) is 0 Å². The van der Waals surface area contributed by atoms with Gasteiger partial charge in [0.25, 0.3) is 5.91 Å². The number of benzene rings is 1. The van der Waals surface area contributed by atoms with Crippen LogP contribution in [-0.2, 0) is 6.54 Å². The monoisotopic (exact) mass is 424 g/mol. The third-order valence-corrected chi connectivity index (χ3v) is 5.55. The molecule has 0 radical (unpaired) electrons. The van der Waals surface area contributed by atoms with Gasteiger partial charge in [-0.2, -0.15) is 0 Å². The lowest BCUT2D eigenvalue weighted by Crippen LogP contribution is -2.27. The predicted octanol–water partition coefficient (Wildman–Crippen LogP) is 4.53. The van der Waals surface area contributed by atoms with Crippen molar-refractivity contribution >= 4 is 11.6 Å². The molecule has 6 nitrogen and oxygen atoms in total. The number of nitrogens with one attached hydrogen (secondary N) is 1. The summed E-state index contributed by atoms with van der Waals surface area (Å²) in [5, 5.41) is 2.93. The second kappa shape index (κ2) is 8.98. The average Bonchev–Trinajstić information content (AvgIpc) is 2.79. The minimum absolute atomic E-state index is 0.0612. The Morgan fingerprint density at radius 1 is 0.938 bits per heavy atom. The molecule has 0 saturated carbocycles. The number of aryl methyl sites for hydroxylation is 2. The number of amides is 1. The summed E-state index contributed by atoms with van der Waals surface area (Å²) in [7, 11) is 0. The van der Waals surface area contributed by atoms with Crippen LogP contribution in [0.4, 0.5) is 5.69 Å². The summed E-state index contributed by atoms with van der Waals surface area (Å²) < 4.78 is 1.92. The number of hydrogen-bond acceptors (Lipinski definition) is 4. The highest BCUT2D eigenvalue weighted by Crippen LogP contribution is 2.25. The first-order valence-electron chi connectivity index (χ1n) is 10.4. The highest BCUT2D eigenvalue weighted by atomic mass is 16.2. The summed E-state index contributed by atoms with van der Waals surface area (Å²) >= 11 is 0. The SMILES string of the molecule is Cc1cccc(NC(=O)c2c(-c3ccccn3)n(Cc3ccccn3)c(C)cc2=O)c1C. The van der Waals surface area contributed by atoms with Crippen LogP contribution >= 0.6 is 0 Å². The summed E-state index contributed by atoms with van der Waals surface area (Å²) in [5.41, 5.74) is 4.99. The van der Waals surface area contributed by atoms with Crippen molar-refractivity contribution in [1.29, 1.82) is 0 Å². The van der Waals surface area contributed by atoms with E-state index in [1.807, 2.05) is 67.8 Å². The number of nitrogens with zero attached hydrogens (tertiary/aromatic N) is 3. The number of pyridine rings is 3. The van der Waals surface area contributed by atoms with E-state index in [-0.39, 0.29) is 11.0 Å². The van der Waals surface area contributed by atoms with E-state index < -0.39 is 5.91 Å². The molecule has 0 atom stereocenters. The summed E-state index contributed by atoms with van der Waals surface area (Å²) in [6.45, 7) is 6.18. The van der Waals surface area contributed by atoms with Gasteiger partial charge in [-0.3, -0.25) is 19.6 Å². The molecule has 0 bridgehead atoms. The van der Waals surface area contributed by atoms with Crippen LogP contribution in [0.15, 0.2) is 77.9 Å². The van der Waals surface area contributed by atoms with Gasteiger partial charge in [-0.05, 0) is 62.2 Å². The predicted molar refractivity (Wildman–Crippen MR) is 126 cm³/mol. The molecular weight excluding hydrogens is 400 g/mol. The van der Waals surface area contributed by atoms with E-state index in [0.717, 1.165) is 22.5 Å². The Morgan fingerprint density at radius 3 is 2.38 bits per heavy atom. The van der Waals surface area contributed by atoms with Crippen LogP contribution in [0, 0.1) is 20.8 Å². The smallest absolute Gasteiger partial charge is 0.261 e. The first-order chi connectivity index (χ1) is 15.5. The van der Waals surface area contributed by atoms with Crippen LogP contribution in [0.25, 0.3) is 11.4 Å². The lowest BCUT2D eigenvalue weighted by Gasteiger charge is -2.20. The van der Waals surface area contributed by atoms with Gasteiger partial charge in [0, 0.05) is 29.8 Å². The molecule has 0 aliphatic rings. The number of carbonyl (C=O) groups excluding carboxylic acids is 1. The second-order valence-corrected chi connectivity index (χ2v) is 7.70. The Hall–Kier alpha value is -4.06. The van der Waals surface area contributed by atoms with Gasteiger partial charge in [0.1, 0.15) is 5.56 Å². The van der Waals surface area contributed by atoms with Crippen LogP contribution in [0.5, 0.6) is 0 Å². The van der Waals surface area contributed by atoms with Gasteiger partial charge in [0.05, 0.1) is 23.6 Å². The molecule has 1 amide bonds. The van der Waals surface area contributed by atoms with Gasteiger partial charge < -0.3 is 9.88 Å². The van der Waals surface area contributed by atoms with Crippen LogP contribution in [-0.4, -0.2) is 20.4 Å². The van der Waals surface area contributed by atoms with Gasteiger partial charge in [-0.25, -0.2) is 0 Å². The highest BCUT2D eigenvalue weighted by Gasteiger charge is 2.23. The maximum absolute atomic E-state index is 13.4. The zero-order valence-electron chi connectivity index (χ0n) is 18.3. The van der Waals surface area contributed by atoms with Gasteiger partial charge in [-0.15, -0.1) is 0 Å². The average molecular weight is 425 g/mol. The fourth-order valence-corrected chi connectivity index (χ4v) is 3.69. The molecule has 1 N–H and O–H groups in total. The molecule has 3 heterocycles. The Labute approximate surface area is 186 Å². The Morgan fingerprint density at radius 2 is 1.69 bits per heavy atom. The molecule has 0 spiro atoms. The minimum Gasteiger partial charge on any atom is -0.337 e. The maximum atomic E-state index is 13.4. The molecule has 0 unspecified atom stereocenters. The standard InChI is InChI=1S/C26H24N4O2/c1-17-9-8-12-21(19(17)3)29-26(32)24-23(31)15-18(2)30(16-20-10-4-6-13-27-20)25(24)22-11-5-7-14-28-22/h4-15H,16H2,1-3H3,(H,29,32). The van der Waals surface area contributed by atoms with Crippen LogP contribution < -0.4 is 10.7 Å². The number of rotatable bonds is 5. The molecule has 6 heteroatoms. The Bertz CT molecular complexity index is 1330. The van der Waals surface area contributed by atoms with E-state index >= 15 is 0 Å². The zero-order valence-corrected chi connectivity index (χ0v) is 18.3. The normalized spacial score (nSPS) is 10.7. The summed E-state index contributed by atoms with van der Waals surface area (Å²) in [5.74, 6) is -0.459. The summed E-state index contributed by atoms with van der Waals surface area (Å²) in [6, 6.07) is 18.3. The van der Waals surface area contributed by atoms with Gasteiger partial charge >= 0.3 is 0 Å². The van der Waals surface area contributed by atoms with Crippen molar-refractivity contribution in [1.82, 2.24) is 14.5 Å². The third kappa shape index (κ3) is 4.21. The van der Waals surface area contributed by atoms with Crippen molar-refractivity contribution in [2.75, 3.05) is 5.32 Å². The molecule has 0 fully saturated rings. The number of anilines is 1. The van der Waals surface area contributed by atoms with E-state index in [1.165, 1.54) is 6.07 Å². The molecular formula is C26H24N4O2. The molecule has 0 saturated heterocycles. The van der Waals surface area contributed by atoms with Crippen LogP contribution in [0.1, 0.15) is 32.9 Å². The van der Waals surface area contributed by atoms with Crippen molar-refractivity contribution < 1.29 is 4.79 Å². The minimum atomic E-state index is -0.459. The summed E-state index contributed by atoms with van der Waals surface area (Å²) in [6.07, 6.45) is 3.38. The Kier molecular flexibility index (Phi) is 5.94. The van der Waals surface area contributed by atoms with E-state index in [2.05, 4.69) is 15.3 Å². The van der Waals surface area contributed by atoms with Gasteiger partial charge in [0.15, 0.2) is 5.43 Å². The van der Waals surface area contributed by atoms with E-state index in [9.17, 15) is 9.59 Å². The molecule has 4 aromatic rings. The Balaban J connectivity index is 1.89. The van der Waals surface area contributed by atoms with Crippen molar-refractivity contribution in [2.24, 2.45) is 0 Å². The molecule has 0 aliphatic heterocycles. The second-order valence-electron chi connectivity index (χ2n) is 7.70. The fourth-order valence-electron chi connectivity index (χ4n) is 3.69. The topological polar surface area (TPSA) is 76.9 Å². The zero-order chi connectivity index (χ0) is 22.7. The third-order valence-electron chi connectivity index (χ3n) is 5.55. The van der Waals surface area contributed by atoms with Crippen molar-refractivity contribution in [3.05, 3.63) is 111 Å². The highest BCUT2D eigenvalue weighted by molar-refractivity contribution is 6.08.